The Bertz CT molecular complexity index is 1240. The number of nitrogens with zero attached hydrogens (tertiary/aromatic N) is 2. The zero-order chi connectivity index (χ0) is 23.4. The maximum Gasteiger partial charge on any atom is 0.246 e. The third-order valence-electron chi connectivity index (χ3n) is 5.26. The van der Waals surface area contributed by atoms with Gasteiger partial charge in [-0.15, -0.1) is 11.3 Å². The summed E-state index contributed by atoms with van der Waals surface area (Å²) in [6, 6.07) is 13.5. The molecule has 174 valence electrons. The molecule has 1 amide bonds. The van der Waals surface area contributed by atoms with Gasteiger partial charge in [0.15, 0.2) is 0 Å². The highest BCUT2D eigenvalue weighted by molar-refractivity contribution is 7.89. The predicted molar refractivity (Wildman–Crippen MR) is 130 cm³/mol. The number of ether oxygens (including phenoxy) is 1. The molecule has 0 radical (unpaired) electrons. The van der Waals surface area contributed by atoms with Crippen LogP contribution in [0, 0.1) is 6.92 Å². The van der Waals surface area contributed by atoms with Crippen molar-refractivity contribution in [1.82, 2.24) is 9.29 Å². The third-order valence-corrected chi connectivity index (χ3v) is 7.93. The number of thiazole rings is 1. The largest absolute Gasteiger partial charge is 0.379 e. The Morgan fingerprint density at radius 1 is 1.12 bits per heavy atom. The summed E-state index contributed by atoms with van der Waals surface area (Å²) in [7, 11) is -3.64. The van der Waals surface area contributed by atoms with E-state index in [0.29, 0.717) is 32.0 Å². The maximum atomic E-state index is 12.9. The van der Waals surface area contributed by atoms with E-state index >= 15 is 0 Å². The van der Waals surface area contributed by atoms with Crippen LogP contribution in [0.15, 0.2) is 58.8 Å². The first-order chi connectivity index (χ1) is 15.8. The number of nitrogens with one attached hydrogen (secondary N) is 2. The molecule has 4 rings (SSSR count). The van der Waals surface area contributed by atoms with Gasteiger partial charge in [-0.1, -0.05) is 18.2 Å². The van der Waals surface area contributed by atoms with Crippen LogP contribution in [0.5, 0.6) is 0 Å². The smallest absolute Gasteiger partial charge is 0.246 e. The van der Waals surface area contributed by atoms with E-state index in [2.05, 4.69) is 15.6 Å². The summed E-state index contributed by atoms with van der Waals surface area (Å²) in [5, 5.41) is 9.00. The molecule has 0 saturated carbocycles. The Labute approximate surface area is 197 Å². The Morgan fingerprint density at radius 2 is 1.85 bits per heavy atom. The van der Waals surface area contributed by atoms with E-state index in [1.165, 1.54) is 16.4 Å². The molecule has 1 aliphatic rings. The molecule has 8 nitrogen and oxygen atoms in total. The number of hydrogen-bond acceptors (Lipinski definition) is 7. The maximum absolute atomic E-state index is 12.9. The Morgan fingerprint density at radius 3 is 2.58 bits per heavy atom. The van der Waals surface area contributed by atoms with Crippen molar-refractivity contribution in [2.24, 2.45) is 0 Å². The second-order valence-corrected chi connectivity index (χ2v) is 10.7. The Hall–Kier alpha value is -2.79. The van der Waals surface area contributed by atoms with Crippen molar-refractivity contribution in [2.45, 2.75) is 24.8 Å². The fourth-order valence-electron chi connectivity index (χ4n) is 3.50. The number of carbonyl (C=O) groups excluding carboxylic acids is 1. The lowest BCUT2D eigenvalue weighted by atomic mass is 10.1. The van der Waals surface area contributed by atoms with Crippen LogP contribution in [0.2, 0.25) is 0 Å². The minimum atomic E-state index is -3.64. The van der Waals surface area contributed by atoms with Gasteiger partial charge < -0.3 is 15.4 Å². The van der Waals surface area contributed by atoms with Gasteiger partial charge in [0.1, 0.15) is 6.04 Å². The van der Waals surface area contributed by atoms with Crippen molar-refractivity contribution in [3.63, 3.8) is 0 Å². The molecule has 1 fully saturated rings. The van der Waals surface area contributed by atoms with E-state index < -0.39 is 16.1 Å². The van der Waals surface area contributed by atoms with E-state index in [1.54, 1.807) is 30.4 Å². The molecule has 1 atom stereocenters. The highest BCUT2D eigenvalue weighted by Gasteiger charge is 2.26. The average molecular weight is 487 g/mol. The zero-order valence-electron chi connectivity index (χ0n) is 18.4. The fraction of sp³-hybridized carbons (Fsp3) is 0.304. The summed E-state index contributed by atoms with van der Waals surface area (Å²) in [6.45, 7) is 5.11. The SMILES string of the molecule is Cc1nc(-c2cccc(NC(C)C(=O)Nc3cccc(S(=O)(=O)N4CCOCC4)c3)c2)cs1. The number of aromatic nitrogens is 1. The standard InChI is InChI=1S/C23H26N4O4S2/c1-16(24-19-6-3-5-18(13-19)22-15-32-17(2)25-22)23(28)26-20-7-4-8-21(14-20)33(29,30)27-9-11-31-12-10-27/h3-8,13-16,24H,9-12H2,1-2H3,(H,26,28). The van der Waals surface area contributed by atoms with E-state index in [4.69, 9.17) is 4.74 Å². The van der Waals surface area contributed by atoms with E-state index in [0.717, 1.165) is 22.0 Å². The molecule has 1 unspecified atom stereocenters. The molecule has 33 heavy (non-hydrogen) atoms. The van der Waals surface area contributed by atoms with Crippen LogP contribution in [-0.4, -0.2) is 56.0 Å². The topological polar surface area (TPSA) is 101 Å². The minimum absolute atomic E-state index is 0.147. The Kier molecular flexibility index (Phi) is 7.08. The lowest BCUT2D eigenvalue weighted by Crippen LogP contribution is -2.40. The number of benzene rings is 2. The minimum Gasteiger partial charge on any atom is -0.379 e. The number of rotatable bonds is 7. The van der Waals surface area contributed by atoms with Gasteiger partial charge in [0, 0.05) is 35.4 Å². The number of sulfonamides is 1. The van der Waals surface area contributed by atoms with Gasteiger partial charge in [-0.05, 0) is 44.2 Å². The van der Waals surface area contributed by atoms with Crippen LogP contribution in [0.4, 0.5) is 11.4 Å². The third kappa shape index (κ3) is 5.59. The molecule has 0 bridgehead atoms. The van der Waals surface area contributed by atoms with Crippen LogP contribution < -0.4 is 10.6 Å². The van der Waals surface area contributed by atoms with Crippen LogP contribution in [0.25, 0.3) is 11.3 Å². The molecule has 3 aromatic rings. The van der Waals surface area contributed by atoms with Gasteiger partial charge >= 0.3 is 0 Å². The van der Waals surface area contributed by atoms with Gasteiger partial charge in [-0.25, -0.2) is 13.4 Å². The van der Waals surface area contributed by atoms with Gasteiger partial charge in [0.05, 0.1) is 28.8 Å². The summed E-state index contributed by atoms with van der Waals surface area (Å²) in [5.74, 6) is -0.272. The molecule has 1 aromatic heterocycles. The number of amides is 1. The van der Waals surface area contributed by atoms with Crippen molar-refractivity contribution in [3.05, 3.63) is 58.9 Å². The van der Waals surface area contributed by atoms with E-state index in [1.807, 2.05) is 36.6 Å². The summed E-state index contributed by atoms with van der Waals surface area (Å²) < 4.78 is 32.4. The van der Waals surface area contributed by atoms with Crippen molar-refractivity contribution >= 4 is 38.6 Å². The molecular formula is C23H26N4O4S2. The molecule has 1 aliphatic heterocycles. The lowest BCUT2D eigenvalue weighted by molar-refractivity contribution is -0.116. The molecule has 0 aliphatic carbocycles. The summed E-state index contributed by atoms with van der Waals surface area (Å²) in [6.07, 6.45) is 0. The number of carbonyl (C=O) groups is 1. The van der Waals surface area contributed by atoms with Crippen LogP contribution >= 0.6 is 11.3 Å². The first kappa shape index (κ1) is 23.4. The van der Waals surface area contributed by atoms with Crippen LogP contribution in [0.3, 0.4) is 0 Å². The Balaban J connectivity index is 1.43. The number of aryl methyl sites for hydroxylation is 1. The van der Waals surface area contributed by atoms with Gasteiger partial charge in [0.2, 0.25) is 15.9 Å². The second-order valence-electron chi connectivity index (χ2n) is 7.73. The zero-order valence-corrected chi connectivity index (χ0v) is 20.1. The molecule has 10 heteroatoms. The predicted octanol–water partition coefficient (Wildman–Crippen LogP) is 3.58. The quantitative estimate of drug-likeness (QED) is 0.530. The van der Waals surface area contributed by atoms with Gasteiger partial charge in [0.25, 0.3) is 0 Å². The summed E-state index contributed by atoms with van der Waals surface area (Å²) in [5.41, 5.74) is 3.09. The first-order valence-corrected chi connectivity index (χ1v) is 12.9. The molecule has 2 N–H and O–H groups in total. The van der Waals surface area contributed by atoms with Crippen LogP contribution in [-0.2, 0) is 19.6 Å². The highest BCUT2D eigenvalue weighted by atomic mass is 32.2. The molecule has 1 saturated heterocycles. The van der Waals surface area contributed by atoms with Crippen molar-refractivity contribution in [3.8, 4) is 11.3 Å². The number of morpholine rings is 1. The fourth-order valence-corrected chi connectivity index (χ4v) is 5.58. The second kappa shape index (κ2) is 10.0. The van der Waals surface area contributed by atoms with Gasteiger partial charge in [-0.2, -0.15) is 4.31 Å². The molecular weight excluding hydrogens is 460 g/mol. The average Bonchev–Trinajstić information content (AvgIpc) is 3.26. The summed E-state index contributed by atoms with van der Waals surface area (Å²) in [4.78, 5) is 17.4. The van der Waals surface area contributed by atoms with Gasteiger partial charge in [-0.3, -0.25) is 4.79 Å². The number of anilines is 2. The van der Waals surface area contributed by atoms with Crippen molar-refractivity contribution in [1.29, 1.82) is 0 Å². The van der Waals surface area contributed by atoms with E-state index in [-0.39, 0.29) is 10.8 Å². The molecule has 2 heterocycles. The monoisotopic (exact) mass is 486 g/mol. The normalized spacial score (nSPS) is 15.7. The van der Waals surface area contributed by atoms with E-state index in [9.17, 15) is 13.2 Å². The van der Waals surface area contributed by atoms with Crippen molar-refractivity contribution in [2.75, 3.05) is 36.9 Å². The molecule has 2 aromatic carbocycles. The van der Waals surface area contributed by atoms with Crippen molar-refractivity contribution < 1.29 is 17.9 Å². The lowest BCUT2D eigenvalue weighted by Gasteiger charge is -2.26. The number of hydrogen-bond donors (Lipinski definition) is 2. The highest BCUT2D eigenvalue weighted by Crippen LogP contribution is 2.25. The summed E-state index contributed by atoms with van der Waals surface area (Å²) >= 11 is 1.59. The first-order valence-electron chi connectivity index (χ1n) is 10.6. The van der Waals surface area contributed by atoms with Crippen LogP contribution in [0.1, 0.15) is 11.9 Å². The molecule has 0 spiro atoms.